The van der Waals surface area contributed by atoms with Crippen LogP contribution in [0.1, 0.15) is 12.8 Å². The lowest BCUT2D eigenvalue weighted by Crippen LogP contribution is -2.21. The molecular weight excluding hydrogens is 288 g/mol. The van der Waals surface area contributed by atoms with Crippen molar-refractivity contribution in [3.05, 3.63) is 11.2 Å². The van der Waals surface area contributed by atoms with E-state index in [0.717, 1.165) is 37.8 Å². The van der Waals surface area contributed by atoms with E-state index in [1.165, 1.54) is 6.07 Å². The number of halogens is 1. The molecule has 0 amide bonds. The van der Waals surface area contributed by atoms with E-state index in [-0.39, 0.29) is 10.0 Å². The molecule has 1 aromatic rings. The van der Waals surface area contributed by atoms with E-state index in [0.29, 0.717) is 11.9 Å². The van der Waals surface area contributed by atoms with Crippen LogP contribution in [-0.4, -0.2) is 38.1 Å². The summed E-state index contributed by atoms with van der Waals surface area (Å²) in [5, 5.41) is 14.3. The second kappa shape index (κ2) is 5.32. The van der Waals surface area contributed by atoms with Crippen LogP contribution in [-0.2, 0) is 11.1 Å². The molecule has 0 radical (unpaired) electrons. The highest BCUT2D eigenvalue weighted by molar-refractivity contribution is 7.79. The maximum absolute atomic E-state index is 11.1. The number of nitrogens with zero attached hydrogens (tertiary/aromatic N) is 2. The maximum Gasteiger partial charge on any atom is 0.189 e. The van der Waals surface area contributed by atoms with Gasteiger partial charge in [0.25, 0.3) is 0 Å². The predicted octanol–water partition coefficient (Wildman–Crippen LogP) is 1.12. The van der Waals surface area contributed by atoms with Crippen LogP contribution in [0.15, 0.2) is 11.0 Å². The normalized spacial score (nSPS) is 31.2. The molecule has 8 heteroatoms. The molecular formula is C11H15ClN4O2S. The average Bonchev–Trinajstić information content (AvgIpc) is 2.91. The van der Waals surface area contributed by atoms with Gasteiger partial charge in [-0.15, -0.1) is 10.2 Å². The first-order chi connectivity index (χ1) is 9.13. The summed E-state index contributed by atoms with van der Waals surface area (Å²) in [7, 11) is 0. The maximum atomic E-state index is 11.1. The minimum absolute atomic E-state index is 0.0288. The molecule has 1 aromatic heterocycles. The molecule has 0 bridgehead atoms. The fourth-order valence-electron chi connectivity index (χ4n) is 3.05. The van der Waals surface area contributed by atoms with Crippen molar-refractivity contribution in [1.82, 2.24) is 15.5 Å². The van der Waals surface area contributed by atoms with Crippen LogP contribution < -0.4 is 10.6 Å². The monoisotopic (exact) mass is 302 g/mol. The van der Waals surface area contributed by atoms with Crippen molar-refractivity contribution in [2.24, 2.45) is 11.8 Å². The quantitative estimate of drug-likeness (QED) is 0.725. The molecule has 1 aliphatic carbocycles. The Bertz CT molecular complexity index is 503. The zero-order chi connectivity index (χ0) is 13.4. The fraction of sp³-hybridized carbons (Fsp3) is 0.636. The minimum atomic E-state index is -2.14. The van der Waals surface area contributed by atoms with E-state index in [9.17, 15) is 4.21 Å². The van der Waals surface area contributed by atoms with Crippen molar-refractivity contribution in [1.29, 1.82) is 0 Å². The van der Waals surface area contributed by atoms with Gasteiger partial charge in [-0.1, -0.05) is 11.6 Å². The van der Waals surface area contributed by atoms with E-state index < -0.39 is 11.1 Å². The minimum Gasteiger partial charge on any atom is -0.366 e. The van der Waals surface area contributed by atoms with E-state index in [1.807, 2.05) is 0 Å². The fourth-order valence-corrected chi connectivity index (χ4v) is 3.73. The molecule has 4 atom stereocenters. The Balaban J connectivity index is 1.70. The van der Waals surface area contributed by atoms with Gasteiger partial charge in [-0.2, -0.15) is 0 Å². The van der Waals surface area contributed by atoms with Gasteiger partial charge in [0, 0.05) is 12.1 Å². The highest BCUT2D eigenvalue weighted by Crippen LogP contribution is 2.35. The van der Waals surface area contributed by atoms with Gasteiger partial charge in [0.15, 0.2) is 16.2 Å². The lowest BCUT2D eigenvalue weighted by molar-refractivity contribution is 0.494. The largest absolute Gasteiger partial charge is 0.366 e. The first-order valence-corrected chi connectivity index (χ1v) is 7.73. The van der Waals surface area contributed by atoms with Gasteiger partial charge in [0.1, 0.15) is 10.7 Å². The van der Waals surface area contributed by atoms with E-state index in [1.54, 1.807) is 0 Å². The SMILES string of the molecule is O=S(O)c1cc(NC2C[C@H]3CNC[C@H]3C2)nnc1Cl. The third-order valence-corrected chi connectivity index (χ3v) is 4.99. The first kappa shape index (κ1) is 13.2. The van der Waals surface area contributed by atoms with Crippen molar-refractivity contribution < 1.29 is 8.76 Å². The Labute approximate surface area is 118 Å². The number of aromatic nitrogens is 2. The van der Waals surface area contributed by atoms with Crippen LogP contribution in [0, 0.1) is 11.8 Å². The molecule has 1 saturated carbocycles. The third-order valence-electron chi connectivity index (χ3n) is 3.91. The summed E-state index contributed by atoms with van der Waals surface area (Å²) in [5.41, 5.74) is 0. The number of rotatable bonds is 3. The second-order valence-corrected chi connectivity index (χ2v) is 6.42. The Morgan fingerprint density at radius 2 is 2.05 bits per heavy atom. The van der Waals surface area contributed by atoms with Crippen LogP contribution in [0.2, 0.25) is 5.15 Å². The van der Waals surface area contributed by atoms with Gasteiger partial charge in [0.2, 0.25) is 0 Å². The Morgan fingerprint density at radius 3 is 2.68 bits per heavy atom. The van der Waals surface area contributed by atoms with E-state index in [4.69, 9.17) is 16.2 Å². The summed E-state index contributed by atoms with van der Waals surface area (Å²) >= 11 is 3.58. The van der Waals surface area contributed by atoms with Gasteiger partial charge < -0.3 is 15.2 Å². The first-order valence-electron chi connectivity index (χ1n) is 6.25. The lowest BCUT2D eigenvalue weighted by atomic mass is 10.0. The van der Waals surface area contributed by atoms with Crippen LogP contribution in [0.4, 0.5) is 5.82 Å². The topological polar surface area (TPSA) is 87.1 Å². The highest BCUT2D eigenvalue weighted by Gasteiger charge is 2.37. The van der Waals surface area contributed by atoms with E-state index in [2.05, 4.69) is 20.8 Å². The van der Waals surface area contributed by atoms with Crippen LogP contribution in [0.5, 0.6) is 0 Å². The smallest absolute Gasteiger partial charge is 0.189 e. The van der Waals surface area contributed by atoms with Crippen molar-refractivity contribution in [3.63, 3.8) is 0 Å². The molecule has 1 aliphatic heterocycles. The van der Waals surface area contributed by atoms with Crippen molar-refractivity contribution in [3.8, 4) is 0 Å². The lowest BCUT2D eigenvalue weighted by Gasteiger charge is -2.14. The number of hydrogen-bond donors (Lipinski definition) is 3. The molecule has 104 valence electrons. The summed E-state index contributed by atoms with van der Waals surface area (Å²) in [4.78, 5) is 0.0963. The third kappa shape index (κ3) is 2.74. The van der Waals surface area contributed by atoms with Crippen LogP contribution in [0.25, 0.3) is 0 Å². The van der Waals surface area contributed by atoms with Gasteiger partial charge in [0.05, 0.1) is 0 Å². The summed E-state index contributed by atoms with van der Waals surface area (Å²) in [5.74, 6) is 1.97. The summed E-state index contributed by atoms with van der Waals surface area (Å²) in [6.07, 6.45) is 2.19. The predicted molar refractivity (Wildman–Crippen MR) is 72.6 cm³/mol. The molecule has 3 N–H and O–H groups in total. The highest BCUT2D eigenvalue weighted by atomic mass is 35.5. The van der Waals surface area contributed by atoms with Gasteiger partial charge in [-0.3, -0.25) is 0 Å². The molecule has 1 saturated heterocycles. The number of anilines is 1. The molecule has 2 aliphatic rings. The zero-order valence-corrected chi connectivity index (χ0v) is 11.7. The Morgan fingerprint density at radius 1 is 1.37 bits per heavy atom. The number of fused-ring (bicyclic) bond motifs is 1. The Hall–Kier alpha value is -0.760. The zero-order valence-electron chi connectivity index (χ0n) is 10.2. The van der Waals surface area contributed by atoms with Crippen molar-refractivity contribution in [2.45, 2.75) is 23.8 Å². The molecule has 0 aromatic carbocycles. The number of nitrogens with one attached hydrogen (secondary N) is 2. The molecule has 2 fully saturated rings. The van der Waals surface area contributed by atoms with Gasteiger partial charge in [-0.05, 0) is 37.8 Å². The average molecular weight is 303 g/mol. The molecule has 2 unspecified atom stereocenters. The van der Waals surface area contributed by atoms with Gasteiger partial charge in [-0.25, -0.2) is 4.21 Å². The van der Waals surface area contributed by atoms with Gasteiger partial charge >= 0.3 is 0 Å². The second-order valence-electron chi connectivity index (χ2n) is 5.12. The molecule has 19 heavy (non-hydrogen) atoms. The summed E-state index contributed by atoms with van der Waals surface area (Å²) in [6, 6.07) is 1.85. The van der Waals surface area contributed by atoms with Crippen molar-refractivity contribution in [2.75, 3.05) is 18.4 Å². The number of hydrogen-bond acceptors (Lipinski definition) is 5. The van der Waals surface area contributed by atoms with Crippen LogP contribution >= 0.6 is 11.6 Å². The molecule has 3 rings (SSSR count). The summed E-state index contributed by atoms with van der Waals surface area (Å²) < 4.78 is 20.2. The van der Waals surface area contributed by atoms with Crippen LogP contribution in [0.3, 0.4) is 0 Å². The molecule has 2 heterocycles. The van der Waals surface area contributed by atoms with Crippen molar-refractivity contribution >= 4 is 28.5 Å². The molecule has 6 nitrogen and oxygen atoms in total. The standard InChI is InChI=1S/C11H15ClN4O2S/c12-11-9(19(17)18)3-10(15-16-11)14-8-1-6-4-13-5-7(6)2-8/h3,6-8,13H,1-2,4-5H2,(H,14,15)(H,17,18)/t6-,7+,8?. The summed E-state index contributed by atoms with van der Waals surface area (Å²) in [6.45, 7) is 2.17. The Kier molecular flexibility index (Phi) is 3.70. The molecule has 0 spiro atoms. The van der Waals surface area contributed by atoms with E-state index >= 15 is 0 Å².